The molecule has 1 atom stereocenters. The van der Waals surface area contributed by atoms with Crippen LogP contribution < -0.4 is 5.32 Å². The lowest BCUT2D eigenvalue weighted by Crippen LogP contribution is -2.46. The van der Waals surface area contributed by atoms with E-state index in [0.717, 1.165) is 5.56 Å². The van der Waals surface area contributed by atoms with E-state index in [-0.39, 0.29) is 11.8 Å². The molecule has 1 rings (SSSR count). The number of carbonyl (C=O) groups excluding carboxylic acids is 2. The topological polar surface area (TPSA) is 55.4 Å². The van der Waals surface area contributed by atoms with Crippen LogP contribution in [0.3, 0.4) is 0 Å². The zero-order chi connectivity index (χ0) is 16.0. The normalized spacial score (nSPS) is 12.9. The van der Waals surface area contributed by atoms with Crippen molar-refractivity contribution in [2.75, 3.05) is 0 Å². The second-order valence-electron chi connectivity index (χ2n) is 6.44. The minimum absolute atomic E-state index is 0.151. The van der Waals surface area contributed by atoms with Crippen molar-refractivity contribution in [2.45, 2.75) is 52.7 Å². The average molecular weight is 291 g/mol. The van der Waals surface area contributed by atoms with Crippen LogP contribution in [0.5, 0.6) is 0 Å². The SMILES string of the molecule is CC(C)C(=O)NC(Cc1ccccc1)C(=O)OC(C)(C)C. The summed E-state index contributed by atoms with van der Waals surface area (Å²) < 4.78 is 5.40. The third kappa shape index (κ3) is 6.43. The Morgan fingerprint density at radius 1 is 1.14 bits per heavy atom. The van der Waals surface area contributed by atoms with Gasteiger partial charge in [-0.2, -0.15) is 0 Å². The molecule has 0 bridgehead atoms. The number of nitrogens with one attached hydrogen (secondary N) is 1. The number of hydrogen-bond acceptors (Lipinski definition) is 3. The van der Waals surface area contributed by atoms with Crippen molar-refractivity contribution in [1.82, 2.24) is 5.32 Å². The van der Waals surface area contributed by atoms with Crippen molar-refractivity contribution < 1.29 is 14.3 Å². The zero-order valence-electron chi connectivity index (χ0n) is 13.5. The maximum atomic E-state index is 12.3. The van der Waals surface area contributed by atoms with Gasteiger partial charge in [0.15, 0.2) is 0 Å². The minimum atomic E-state index is -0.665. The van der Waals surface area contributed by atoms with E-state index in [2.05, 4.69) is 5.32 Å². The van der Waals surface area contributed by atoms with E-state index in [1.165, 1.54) is 0 Å². The van der Waals surface area contributed by atoms with Crippen LogP contribution in [0.25, 0.3) is 0 Å². The summed E-state index contributed by atoms with van der Waals surface area (Å²) in [7, 11) is 0. The van der Waals surface area contributed by atoms with Crippen molar-refractivity contribution in [2.24, 2.45) is 5.92 Å². The van der Waals surface area contributed by atoms with Gasteiger partial charge in [0.25, 0.3) is 0 Å². The Bertz CT molecular complexity index is 475. The molecule has 0 aliphatic carbocycles. The van der Waals surface area contributed by atoms with Gasteiger partial charge in [-0.05, 0) is 26.3 Å². The van der Waals surface area contributed by atoms with Gasteiger partial charge in [-0.15, -0.1) is 0 Å². The first-order valence-electron chi connectivity index (χ1n) is 7.26. The molecule has 1 aromatic rings. The molecule has 0 heterocycles. The van der Waals surface area contributed by atoms with Crippen molar-refractivity contribution in [3.8, 4) is 0 Å². The summed E-state index contributed by atoms with van der Waals surface area (Å²) in [5, 5.41) is 2.77. The lowest BCUT2D eigenvalue weighted by molar-refractivity contribution is -0.158. The predicted molar refractivity (Wildman–Crippen MR) is 82.8 cm³/mol. The summed E-state index contributed by atoms with van der Waals surface area (Å²) >= 11 is 0. The van der Waals surface area contributed by atoms with E-state index in [1.54, 1.807) is 13.8 Å². The molecule has 0 aromatic heterocycles. The fourth-order valence-electron chi connectivity index (χ4n) is 1.75. The zero-order valence-corrected chi connectivity index (χ0v) is 13.5. The average Bonchev–Trinajstić information content (AvgIpc) is 2.36. The van der Waals surface area contributed by atoms with E-state index in [1.807, 2.05) is 51.1 Å². The lowest BCUT2D eigenvalue weighted by atomic mass is 10.0. The second-order valence-corrected chi connectivity index (χ2v) is 6.44. The lowest BCUT2D eigenvalue weighted by Gasteiger charge is -2.25. The summed E-state index contributed by atoms with van der Waals surface area (Å²) in [6.45, 7) is 9.03. The molecule has 1 aromatic carbocycles. The fourth-order valence-corrected chi connectivity index (χ4v) is 1.75. The van der Waals surface area contributed by atoms with Crippen LogP contribution in [-0.4, -0.2) is 23.5 Å². The Kier molecular flexibility index (Phi) is 5.94. The molecule has 0 fully saturated rings. The largest absolute Gasteiger partial charge is 0.458 e. The van der Waals surface area contributed by atoms with Crippen molar-refractivity contribution in [3.05, 3.63) is 35.9 Å². The Hall–Kier alpha value is -1.84. The first-order chi connectivity index (χ1) is 9.69. The molecule has 1 unspecified atom stereocenters. The first-order valence-corrected chi connectivity index (χ1v) is 7.26. The molecule has 116 valence electrons. The monoisotopic (exact) mass is 291 g/mol. The van der Waals surface area contributed by atoms with Gasteiger partial charge in [-0.25, -0.2) is 4.79 Å². The van der Waals surface area contributed by atoms with E-state index in [0.29, 0.717) is 6.42 Å². The molecule has 21 heavy (non-hydrogen) atoms. The molecule has 1 N–H and O–H groups in total. The van der Waals surface area contributed by atoms with Gasteiger partial charge in [0.05, 0.1) is 0 Å². The van der Waals surface area contributed by atoms with Crippen LogP contribution in [0.15, 0.2) is 30.3 Å². The summed E-state index contributed by atoms with van der Waals surface area (Å²) in [5.74, 6) is -0.729. The molecule has 0 radical (unpaired) electrons. The van der Waals surface area contributed by atoms with Gasteiger partial charge in [-0.3, -0.25) is 4.79 Å². The van der Waals surface area contributed by atoms with Gasteiger partial charge in [0.1, 0.15) is 11.6 Å². The van der Waals surface area contributed by atoms with Crippen molar-refractivity contribution in [1.29, 1.82) is 0 Å². The van der Waals surface area contributed by atoms with Crippen molar-refractivity contribution >= 4 is 11.9 Å². The third-order valence-corrected chi connectivity index (χ3v) is 2.81. The molecule has 1 amide bonds. The summed E-state index contributed by atoms with van der Waals surface area (Å²) in [6.07, 6.45) is 0.425. The van der Waals surface area contributed by atoms with Gasteiger partial charge < -0.3 is 10.1 Å². The maximum absolute atomic E-state index is 12.3. The summed E-state index contributed by atoms with van der Waals surface area (Å²) in [5.41, 5.74) is 0.409. The molecule has 0 aliphatic heterocycles. The maximum Gasteiger partial charge on any atom is 0.329 e. The Morgan fingerprint density at radius 3 is 2.19 bits per heavy atom. The van der Waals surface area contributed by atoms with E-state index >= 15 is 0 Å². The van der Waals surface area contributed by atoms with Crippen LogP contribution in [0.1, 0.15) is 40.2 Å². The van der Waals surface area contributed by atoms with Gasteiger partial charge in [0, 0.05) is 12.3 Å². The van der Waals surface area contributed by atoms with E-state index in [4.69, 9.17) is 4.74 Å². The van der Waals surface area contributed by atoms with Crippen LogP contribution in [0.2, 0.25) is 0 Å². The van der Waals surface area contributed by atoms with Crippen LogP contribution in [0.4, 0.5) is 0 Å². The molecular weight excluding hydrogens is 266 g/mol. The molecule has 4 heteroatoms. The van der Waals surface area contributed by atoms with Crippen LogP contribution in [0, 0.1) is 5.92 Å². The highest BCUT2D eigenvalue weighted by molar-refractivity contribution is 5.85. The second kappa shape index (κ2) is 7.25. The van der Waals surface area contributed by atoms with Gasteiger partial charge >= 0.3 is 5.97 Å². The predicted octanol–water partition coefficient (Wildman–Crippen LogP) is 2.71. The Labute approximate surface area is 126 Å². The number of benzene rings is 1. The molecule has 4 nitrogen and oxygen atoms in total. The van der Waals surface area contributed by atoms with E-state index in [9.17, 15) is 9.59 Å². The highest BCUT2D eigenvalue weighted by atomic mass is 16.6. The highest BCUT2D eigenvalue weighted by Crippen LogP contribution is 2.12. The fraction of sp³-hybridized carbons (Fsp3) is 0.529. The number of carbonyl (C=O) groups is 2. The third-order valence-electron chi connectivity index (χ3n) is 2.81. The number of hydrogen-bond donors (Lipinski definition) is 1. The Balaban J connectivity index is 2.84. The molecule has 0 saturated carbocycles. The molecule has 0 aliphatic rings. The molecular formula is C17H25NO3. The number of esters is 1. The minimum Gasteiger partial charge on any atom is -0.458 e. The van der Waals surface area contributed by atoms with Crippen molar-refractivity contribution in [3.63, 3.8) is 0 Å². The standard InChI is InChI=1S/C17H25NO3/c1-12(2)15(19)18-14(16(20)21-17(3,4)5)11-13-9-7-6-8-10-13/h6-10,12,14H,11H2,1-5H3,(H,18,19). The number of ether oxygens (including phenoxy) is 1. The number of rotatable bonds is 5. The first kappa shape index (κ1) is 17.2. The molecule has 0 spiro atoms. The van der Waals surface area contributed by atoms with Gasteiger partial charge in [0.2, 0.25) is 5.91 Å². The van der Waals surface area contributed by atoms with Crippen LogP contribution in [-0.2, 0) is 20.7 Å². The van der Waals surface area contributed by atoms with Gasteiger partial charge in [-0.1, -0.05) is 44.2 Å². The van der Waals surface area contributed by atoms with Crippen LogP contribution >= 0.6 is 0 Å². The van der Waals surface area contributed by atoms with E-state index < -0.39 is 17.6 Å². The Morgan fingerprint density at radius 2 is 1.71 bits per heavy atom. The number of amides is 1. The smallest absolute Gasteiger partial charge is 0.329 e. The summed E-state index contributed by atoms with van der Waals surface area (Å²) in [4.78, 5) is 24.2. The highest BCUT2D eigenvalue weighted by Gasteiger charge is 2.27. The quantitative estimate of drug-likeness (QED) is 0.849. The summed E-state index contributed by atoms with van der Waals surface area (Å²) in [6, 6.07) is 8.93. The molecule has 0 saturated heterocycles.